The minimum Gasteiger partial charge on any atom is -0.464 e. The zero-order valence-corrected chi connectivity index (χ0v) is 16.4. The quantitative estimate of drug-likeness (QED) is 0.389. The molecule has 1 fully saturated rings. The molecule has 27 heavy (non-hydrogen) atoms. The van der Waals surface area contributed by atoms with Crippen LogP contribution in [0.15, 0.2) is 24.5 Å². The fourth-order valence-corrected chi connectivity index (χ4v) is 2.93. The zero-order chi connectivity index (χ0) is 19.2. The smallest absolute Gasteiger partial charge is 0.328 e. The Kier molecular flexibility index (Phi) is 8.56. The van der Waals surface area contributed by atoms with Crippen LogP contribution in [0.1, 0.15) is 52.0 Å². The Balaban J connectivity index is 0.00000364. The van der Waals surface area contributed by atoms with Gasteiger partial charge in [0.25, 0.3) is 5.91 Å². The van der Waals surface area contributed by atoms with E-state index in [0.29, 0.717) is 38.8 Å². The van der Waals surface area contributed by atoms with Gasteiger partial charge >= 0.3 is 5.97 Å². The van der Waals surface area contributed by atoms with Crippen LogP contribution in [0.3, 0.4) is 0 Å². The minimum atomic E-state index is -0.710. The highest BCUT2D eigenvalue weighted by molar-refractivity contribution is 6.38. The number of likely N-dealkylation sites (tertiary alicyclic amines) is 1. The second-order valence-electron chi connectivity index (χ2n) is 7.36. The molecule has 1 saturated heterocycles. The lowest BCUT2D eigenvalue weighted by atomic mass is 9.84. The molecule has 1 amide bonds. The Hall–Kier alpha value is -2.28. The first-order valence-electron chi connectivity index (χ1n) is 9.27. The van der Waals surface area contributed by atoms with Crippen molar-refractivity contribution in [1.82, 2.24) is 9.88 Å². The molecule has 1 aliphatic heterocycles. The molecule has 0 bridgehead atoms. The van der Waals surface area contributed by atoms with Crippen molar-refractivity contribution >= 4 is 17.7 Å². The summed E-state index contributed by atoms with van der Waals surface area (Å²) in [4.78, 5) is 42.8. The summed E-state index contributed by atoms with van der Waals surface area (Å²) in [6.45, 7) is 6.12. The summed E-state index contributed by atoms with van der Waals surface area (Å²) in [5, 5.41) is 0. The first-order valence-corrected chi connectivity index (χ1v) is 9.27. The number of aromatic nitrogens is 1. The molecular weight excluding hydrogens is 348 g/mol. The number of hydrogen-bond acceptors (Lipinski definition) is 5. The molecule has 1 aromatic rings. The number of carbonyl (C=O) groups excluding carboxylic acids is 3. The normalized spacial score (nSPS) is 16.6. The van der Waals surface area contributed by atoms with Gasteiger partial charge in [0.2, 0.25) is 5.78 Å². The Morgan fingerprint density at radius 1 is 1.33 bits per heavy atom. The number of carbonyl (C=O) groups is 3. The lowest BCUT2D eigenvalue weighted by molar-refractivity contribution is -0.157. The van der Waals surface area contributed by atoms with E-state index >= 15 is 0 Å². The van der Waals surface area contributed by atoms with Crippen molar-refractivity contribution in [3.8, 4) is 0 Å². The molecule has 1 atom stereocenters. The molecule has 7 nitrogen and oxygen atoms in total. The largest absolute Gasteiger partial charge is 0.464 e. The third-order valence-electron chi connectivity index (χ3n) is 5.06. The maximum absolute atomic E-state index is 12.5. The van der Waals surface area contributed by atoms with Gasteiger partial charge in [0.05, 0.1) is 6.61 Å². The number of Topliss-reactive ketones (excluding diaryl/α,β-unsaturated/α-hetero) is 1. The fourth-order valence-electron chi connectivity index (χ4n) is 2.93. The van der Waals surface area contributed by atoms with Crippen molar-refractivity contribution in [1.29, 1.82) is 0 Å². The maximum Gasteiger partial charge on any atom is 0.328 e. The van der Waals surface area contributed by atoms with Crippen molar-refractivity contribution in [2.24, 2.45) is 5.41 Å². The minimum absolute atomic E-state index is 0. The molecule has 1 aliphatic rings. The molecule has 2 heterocycles. The Morgan fingerprint density at radius 3 is 2.70 bits per heavy atom. The van der Waals surface area contributed by atoms with Crippen LogP contribution in [-0.2, 0) is 25.5 Å². The van der Waals surface area contributed by atoms with Crippen molar-refractivity contribution in [3.05, 3.63) is 30.1 Å². The van der Waals surface area contributed by atoms with Crippen LogP contribution in [0, 0.1) is 5.41 Å². The number of amides is 1. The number of ether oxygens (including phenoxy) is 1. The molecule has 150 valence electrons. The van der Waals surface area contributed by atoms with Crippen molar-refractivity contribution in [2.75, 3.05) is 13.2 Å². The highest BCUT2D eigenvalue weighted by Gasteiger charge is 2.41. The van der Waals surface area contributed by atoms with Gasteiger partial charge in [-0.1, -0.05) is 26.8 Å². The van der Waals surface area contributed by atoms with Gasteiger partial charge in [-0.05, 0) is 43.7 Å². The van der Waals surface area contributed by atoms with Gasteiger partial charge < -0.3 is 15.1 Å². The molecule has 1 aromatic heterocycles. The van der Waals surface area contributed by atoms with E-state index in [9.17, 15) is 14.4 Å². The first-order chi connectivity index (χ1) is 12.4. The topological polar surface area (TPSA) is 108 Å². The van der Waals surface area contributed by atoms with E-state index in [4.69, 9.17) is 4.74 Å². The van der Waals surface area contributed by atoms with E-state index in [0.717, 1.165) is 12.0 Å². The van der Waals surface area contributed by atoms with Crippen molar-refractivity contribution < 1.29 is 24.6 Å². The number of pyridine rings is 1. The van der Waals surface area contributed by atoms with Gasteiger partial charge in [0, 0.05) is 24.4 Å². The molecule has 0 saturated carbocycles. The molecule has 7 heteroatoms. The molecule has 0 spiro atoms. The lowest BCUT2D eigenvalue weighted by Gasteiger charge is -2.27. The van der Waals surface area contributed by atoms with E-state index in [1.165, 1.54) is 4.90 Å². The Bertz CT molecular complexity index is 645. The van der Waals surface area contributed by atoms with Gasteiger partial charge in [-0.25, -0.2) is 4.79 Å². The zero-order valence-electron chi connectivity index (χ0n) is 16.4. The van der Waals surface area contributed by atoms with Crippen LogP contribution in [0.2, 0.25) is 0 Å². The standard InChI is InChI=1S/C20H28N2O4.H2O/c1-4-20(2,3)17(23)18(24)22-12-6-10-16(22)19(25)26-13-7-9-15-8-5-11-21-14-15;/h5,8,11,14,16H,4,6-7,9-10,12-13H2,1-3H3;1H2. The van der Waals surface area contributed by atoms with E-state index in [-0.39, 0.29) is 5.48 Å². The Labute approximate surface area is 160 Å². The van der Waals surface area contributed by atoms with E-state index < -0.39 is 29.1 Å². The molecular formula is C20H30N2O5. The van der Waals surface area contributed by atoms with Gasteiger partial charge in [-0.15, -0.1) is 0 Å². The lowest BCUT2D eigenvalue weighted by Crippen LogP contribution is -2.48. The predicted octanol–water partition coefficient (Wildman–Crippen LogP) is 1.73. The SMILES string of the molecule is CCC(C)(C)C(=O)C(=O)N1CCCC1C(=O)OCCCc1cccnc1.O. The van der Waals surface area contributed by atoms with Crippen molar-refractivity contribution in [2.45, 2.75) is 58.9 Å². The summed E-state index contributed by atoms with van der Waals surface area (Å²) in [6, 6.07) is 3.21. The third-order valence-corrected chi connectivity index (χ3v) is 5.06. The summed E-state index contributed by atoms with van der Waals surface area (Å²) >= 11 is 0. The van der Waals surface area contributed by atoms with Gasteiger partial charge in [0.1, 0.15) is 6.04 Å². The molecule has 0 aromatic carbocycles. The molecule has 2 rings (SSSR count). The average Bonchev–Trinajstić information content (AvgIpc) is 3.14. The molecule has 0 radical (unpaired) electrons. The number of ketones is 1. The van der Waals surface area contributed by atoms with E-state index in [1.54, 1.807) is 26.2 Å². The van der Waals surface area contributed by atoms with Crippen LogP contribution in [0.25, 0.3) is 0 Å². The van der Waals surface area contributed by atoms with Crippen LogP contribution in [-0.4, -0.2) is 52.2 Å². The number of nitrogens with zero attached hydrogens (tertiary/aromatic N) is 2. The molecule has 1 unspecified atom stereocenters. The third kappa shape index (κ3) is 5.85. The predicted molar refractivity (Wildman–Crippen MR) is 101 cm³/mol. The van der Waals surface area contributed by atoms with Crippen LogP contribution >= 0.6 is 0 Å². The van der Waals surface area contributed by atoms with E-state index in [2.05, 4.69) is 4.98 Å². The van der Waals surface area contributed by atoms with Crippen molar-refractivity contribution in [3.63, 3.8) is 0 Å². The maximum atomic E-state index is 12.5. The molecule has 2 N–H and O–H groups in total. The second kappa shape index (κ2) is 10.2. The highest BCUT2D eigenvalue weighted by atomic mass is 16.5. The fraction of sp³-hybridized carbons (Fsp3) is 0.600. The summed E-state index contributed by atoms with van der Waals surface area (Å²) in [6.07, 6.45) is 6.82. The summed E-state index contributed by atoms with van der Waals surface area (Å²) in [5.41, 5.74) is 0.381. The summed E-state index contributed by atoms with van der Waals surface area (Å²) in [5.74, 6) is -1.41. The van der Waals surface area contributed by atoms with Gasteiger partial charge in [0.15, 0.2) is 0 Å². The van der Waals surface area contributed by atoms with Crippen LogP contribution < -0.4 is 0 Å². The Morgan fingerprint density at radius 2 is 2.07 bits per heavy atom. The van der Waals surface area contributed by atoms with Crippen LogP contribution in [0.5, 0.6) is 0 Å². The van der Waals surface area contributed by atoms with Gasteiger partial charge in [-0.2, -0.15) is 0 Å². The highest BCUT2D eigenvalue weighted by Crippen LogP contribution is 2.26. The monoisotopic (exact) mass is 378 g/mol. The second-order valence-corrected chi connectivity index (χ2v) is 7.36. The number of esters is 1. The van der Waals surface area contributed by atoms with E-state index in [1.807, 2.05) is 19.1 Å². The van der Waals surface area contributed by atoms with Crippen LogP contribution in [0.4, 0.5) is 0 Å². The number of rotatable bonds is 8. The molecule has 0 aliphatic carbocycles. The summed E-state index contributed by atoms with van der Waals surface area (Å²) in [7, 11) is 0. The number of hydrogen-bond donors (Lipinski definition) is 0. The first kappa shape index (κ1) is 22.8. The summed E-state index contributed by atoms with van der Waals surface area (Å²) < 4.78 is 5.36. The average molecular weight is 378 g/mol. The van der Waals surface area contributed by atoms with Gasteiger partial charge in [-0.3, -0.25) is 14.6 Å². The number of aryl methyl sites for hydroxylation is 1.